The molecule has 0 fully saturated rings. The number of nitrogens with one attached hydrogen (secondary N) is 1. The van der Waals surface area contributed by atoms with Gasteiger partial charge < -0.3 is 14.8 Å². The molecule has 118 valence electrons. The van der Waals surface area contributed by atoms with E-state index < -0.39 is 5.60 Å². The van der Waals surface area contributed by atoms with Crippen LogP contribution in [0.3, 0.4) is 0 Å². The Kier molecular flexibility index (Phi) is 4.27. The summed E-state index contributed by atoms with van der Waals surface area (Å²) in [6.07, 6.45) is 2.98. The lowest BCUT2D eigenvalue weighted by molar-refractivity contribution is 0.0557. The highest BCUT2D eigenvalue weighted by atomic mass is 32.1. The quantitative estimate of drug-likeness (QED) is 0.755. The lowest BCUT2D eigenvalue weighted by Crippen LogP contribution is -2.38. The number of benzene rings is 1. The number of aliphatic hydroxyl groups is 1. The first-order valence-electron chi connectivity index (χ1n) is 7.10. The van der Waals surface area contributed by atoms with Crippen molar-refractivity contribution < 1.29 is 14.3 Å². The molecule has 3 rings (SSSR count). The highest BCUT2D eigenvalue weighted by Gasteiger charge is 2.25. The van der Waals surface area contributed by atoms with Crippen molar-refractivity contribution in [2.45, 2.75) is 12.5 Å². The van der Waals surface area contributed by atoms with E-state index in [1.165, 1.54) is 17.7 Å². The largest absolute Gasteiger partial charge is 0.444 e. The van der Waals surface area contributed by atoms with Gasteiger partial charge in [0.25, 0.3) is 5.91 Å². The first-order chi connectivity index (χ1) is 11.1. The minimum Gasteiger partial charge on any atom is -0.444 e. The molecule has 1 atom stereocenters. The smallest absolute Gasteiger partial charge is 0.251 e. The first-order valence-corrected chi connectivity index (χ1v) is 7.98. The van der Waals surface area contributed by atoms with E-state index in [1.807, 2.05) is 17.5 Å². The van der Waals surface area contributed by atoms with Gasteiger partial charge in [-0.05, 0) is 30.5 Å². The predicted molar refractivity (Wildman–Crippen MR) is 88.2 cm³/mol. The predicted octanol–water partition coefficient (Wildman–Crippen LogP) is 3.04. The third kappa shape index (κ3) is 3.49. The summed E-state index contributed by atoms with van der Waals surface area (Å²) in [5, 5.41) is 15.1. The van der Waals surface area contributed by atoms with Crippen LogP contribution in [0.1, 0.15) is 22.2 Å². The highest BCUT2D eigenvalue weighted by molar-refractivity contribution is 7.10. The maximum atomic E-state index is 12.2. The van der Waals surface area contributed by atoms with Gasteiger partial charge in [-0.25, -0.2) is 4.98 Å². The van der Waals surface area contributed by atoms with E-state index in [4.69, 9.17) is 4.42 Å². The molecule has 1 aromatic carbocycles. The van der Waals surface area contributed by atoms with Gasteiger partial charge in [0.15, 0.2) is 12.2 Å². The monoisotopic (exact) mass is 328 g/mol. The Morgan fingerprint density at radius 2 is 2.13 bits per heavy atom. The molecule has 23 heavy (non-hydrogen) atoms. The summed E-state index contributed by atoms with van der Waals surface area (Å²) in [7, 11) is 0. The maximum absolute atomic E-state index is 12.2. The Hall–Kier alpha value is -2.44. The van der Waals surface area contributed by atoms with Crippen molar-refractivity contribution in [3.8, 4) is 11.3 Å². The van der Waals surface area contributed by atoms with Gasteiger partial charge in [-0.15, -0.1) is 11.3 Å². The Balaban J connectivity index is 1.64. The van der Waals surface area contributed by atoms with Gasteiger partial charge in [-0.3, -0.25) is 4.79 Å². The fraction of sp³-hybridized carbons (Fsp3) is 0.176. The number of amides is 1. The van der Waals surface area contributed by atoms with Gasteiger partial charge in [0, 0.05) is 16.0 Å². The number of thiophene rings is 1. The molecule has 6 heteroatoms. The van der Waals surface area contributed by atoms with E-state index in [9.17, 15) is 9.90 Å². The molecule has 0 spiro atoms. The maximum Gasteiger partial charge on any atom is 0.251 e. The van der Waals surface area contributed by atoms with Gasteiger partial charge >= 0.3 is 0 Å². The molecule has 0 saturated heterocycles. The molecule has 3 aromatic rings. The molecule has 1 amide bonds. The third-order valence-corrected chi connectivity index (χ3v) is 4.63. The average molecular weight is 328 g/mol. The van der Waals surface area contributed by atoms with Crippen molar-refractivity contribution in [3.63, 3.8) is 0 Å². The van der Waals surface area contributed by atoms with E-state index in [1.54, 1.807) is 37.4 Å². The van der Waals surface area contributed by atoms with E-state index in [-0.39, 0.29) is 12.5 Å². The Morgan fingerprint density at radius 3 is 2.74 bits per heavy atom. The molecular weight excluding hydrogens is 312 g/mol. The van der Waals surface area contributed by atoms with Gasteiger partial charge in [0.1, 0.15) is 5.60 Å². The van der Waals surface area contributed by atoms with Crippen molar-refractivity contribution >= 4 is 17.2 Å². The van der Waals surface area contributed by atoms with Crippen LogP contribution in [0.5, 0.6) is 0 Å². The summed E-state index contributed by atoms with van der Waals surface area (Å²) in [5.74, 6) is 0.420. The van der Waals surface area contributed by atoms with E-state index in [0.29, 0.717) is 11.3 Å². The molecule has 0 radical (unpaired) electrons. The molecule has 0 saturated carbocycles. The average Bonchev–Trinajstić information content (AvgIpc) is 3.26. The van der Waals surface area contributed by atoms with E-state index in [2.05, 4.69) is 10.3 Å². The second-order valence-corrected chi connectivity index (χ2v) is 6.32. The highest BCUT2D eigenvalue weighted by Crippen LogP contribution is 2.24. The molecule has 5 nitrogen and oxygen atoms in total. The number of aromatic nitrogens is 1. The second kappa shape index (κ2) is 6.36. The number of hydrogen-bond donors (Lipinski definition) is 2. The second-order valence-electron chi connectivity index (χ2n) is 5.38. The molecule has 2 aromatic heterocycles. The van der Waals surface area contributed by atoms with Crippen LogP contribution in [0.25, 0.3) is 11.3 Å². The van der Waals surface area contributed by atoms with Crippen LogP contribution >= 0.6 is 11.3 Å². The van der Waals surface area contributed by atoms with Crippen molar-refractivity contribution in [1.29, 1.82) is 0 Å². The molecule has 0 aliphatic heterocycles. The number of rotatable bonds is 5. The summed E-state index contributed by atoms with van der Waals surface area (Å²) >= 11 is 1.46. The Morgan fingerprint density at radius 1 is 1.35 bits per heavy atom. The zero-order valence-electron chi connectivity index (χ0n) is 12.5. The van der Waals surface area contributed by atoms with E-state index >= 15 is 0 Å². The van der Waals surface area contributed by atoms with Crippen molar-refractivity contribution in [1.82, 2.24) is 10.3 Å². The lowest BCUT2D eigenvalue weighted by Gasteiger charge is -2.22. The van der Waals surface area contributed by atoms with Gasteiger partial charge in [-0.2, -0.15) is 0 Å². The fourth-order valence-electron chi connectivity index (χ4n) is 2.17. The first kappa shape index (κ1) is 15.5. The SMILES string of the molecule is CC(O)(CNC(=O)c1ccc(-c2cnco2)cc1)c1cccs1. The molecule has 0 bridgehead atoms. The molecule has 0 aliphatic rings. The van der Waals surface area contributed by atoms with Crippen molar-refractivity contribution in [3.05, 3.63) is 64.8 Å². The fourth-order valence-corrected chi connectivity index (χ4v) is 2.96. The molecule has 0 aliphatic carbocycles. The summed E-state index contributed by atoms with van der Waals surface area (Å²) in [4.78, 5) is 16.9. The van der Waals surface area contributed by atoms with Gasteiger partial charge in [0.2, 0.25) is 0 Å². The molecule has 2 N–H and O–H groups in total. The van der Waals surface area contributed by atoms with Crippen LogP contribution in [0.15, 0.2) is 58.8 Å². The number of nitrogens with zero attached hydrogens (tertiary/aromatic N) is 1. The Labute approximate surface area is 137 Å². The zero-order chi connectivity index (χ0) is 16.3. The van der Waals surface area contributed by atoms with Crippen LogP contribution in [-0.4, -0.2) is 22.5 Å². The topological polar surface area (TPSA) is 75.4 Å². The van der Waals surface area contributed by atoms with Crippen LogP contribution in [-0.2, 0) is 5.60 Å². The Bertz CT molecular complexity index is 763. The lowest BCUT2D eigenvalue weighted by atomic mass is 10.0. The minimum absolute atomic E-state index is 0.149. The van der Waals surface area contributed by atoms with Crippen LogP contribution in [0.2, 0.25) is 0 Å². The summed E-state index contributed by atoms with van der Waals surface area (Å²) in [6, 6.07) is 10.8. The number of carbonyl (C=O) groups excluding carboxylic acids is 1. The molecular formula is C17H16N2O3S. The number of oxazole rings is 1. The molecule has 2 heterocycles. The number of hydrogen-bond acceptors (Lipinski definition) is 5. The normalized spacial score (nSPS) is 13.5. The van der Waals surface area contributed by atoms with Crippen LogP contribution < -0.4 is 5.32 Å². The summed E-state index contributed by atoms with van der Waals surface area (Å²) in [5.41, 5.74) is 0.295. The third-order valence-electron chi connectivity index (χ3n) is 3.51. The van der Waals surface area contributed by atoms with Crippen LogP contribution in [0, 0.1) is 0 Å². The summed E-state index contributed by atoms with van der Waals surface area (Å²) < 4.78 is 5.21. The van der Waals surface area contributed by atoms with Crippen LogP contribution in [0.4, 0.5) is 0 Å². The zero-order valence-corrected chi connectivity index (χ0v) is 13.3. The van der Waals surface area contributed by atoms with Crippen molar-refractivity contribution in [2.75, 3.05) is 6.54 Å². The van der Waals surface area contributed by atoms with Crippen molar-refractivity contribution in [2.24, 2.45) is 0 Å². The van der Waals surface area contributed by atoms with Gasteiger partial charge in [-0.1, -0.05) is 18.2 Å². The standard InChI is InChI=1S/C17H16N2O3S/c1-17(21,15-3-2-8-23-15)10-19-16(20)13-6-4-12(5-7-13)14-9-18-11-22-14/h2-9,11,21H,10H2,1H3,(H,19,20). The summed E-state index contributed by atoms with van der Waals surface area (Å²) in [6.45, 7) is 1.84. The van der Waals surface area contributed by atoms with E-state index in [0.717, 1.165) is 10.4 Å². The molecule has 1 unspecified atom stereocenters. The number of carbonyl (C=O) groups is 1. The van der Waals surface area contributed by atoms with Gasteiger partial charge in [0.05, 0.1) is 12.7 Å². The minimum atomic E-state index is -1.08.